The van der Waals surface area contributed by atoms with Crippen molar-refractivity contribution in [3.05, 3.63) is 75.0 Å². The van der Waals surface area contributed by atoms with E-state index in [0.29, 0.717) is 17.5 Å². The molecule has 34 heavy (non-hydrogen) atoms. The van der Waals surface area contributed by atoms with Gasteiger partial charge in [-0.3, -0.25) is 4.79 Å². The van der Waals surface area contributed by atoms with Gasteiger partial charge >= 0.3 is 15.6 Å². The number of hydrogen-bond donors (Lipinski definition) is 0. The molecule has 2 aromatic carbocycles. The van der Waals surface area contributed by atoms with E-state index in [1.54, 1.807) is 12.1 Å². The van der Waals surface area contributed by atoms with Crippen LogP contribution in [0.4, 0.5) is 13.2 Å². The molecule has 0 spiro atoms. The lowest BCUT2D eigenvalue weighted by atomic mass is 9.86. The molecule has 0 saturated carbocycles. The predicted molar refractivity (Wildman–Crippen MR) is 118 cm³/mol. The number of rotatable bonds is 5. The minimum atomic E-state index is -6.09. The van der Waals surface area contributed by atoms with Crippen LogP contribution in [-0.4, -0.2) is 36.8 Å². The Balaban J connectivity index is 1.94. The van der Waals surface area contributed by atoms with Crippen LogP contribution in [0.3, 0.4) is 0 Å². The Bertz CT molecular complexity index is 1330. The van der Waals surface area contributed by atoms with E-state index >= 15 is 0 Å². The van der Waals surface area contributed by atoms with Gasteiger partial charge in [0.05, 0.1) is 17.2 Å². The van der Waals surface area contributed by atoms with Crippen LogP contribution in [0.25, 0.3) is 5.57 Å². The van der Waals surface area contributed by atoms with E-state index in [0.717, 1.165) is 0 Å². The van der Waals surface area contributed by atoms with Crippen molar-refractivity contribution in [1.82, 2.24) is 4.90 Å². The molecule has 0 radical (unpaired) electrons. The van der Waals surface area contributed by atoms with Gasteiger partial charge in [-0.1, -0.05) is 35.3 Å². The first kappa shape index (κ1) is 24.4. The van der Waals surface area contributed by atoms with E-state index < -0.39 is 32.8 Å². The number of halogens is 5. The highest BCUT2D eigenvalue weighted by Crippen LogP contribution is 2.50. The first-order chi connectivity index (χ1) is 15.9. The highest BCUT2D eigenvalue weighted by atomic mass is 35.5. The van der Waals surface area contributed by atoms with Crippen LogP contribution in [0.15, 0.2) is 48.2 Å². The van der Waals surface area contributed by atoms with Crippen molar-refractivity contribution in [2.75, 3.05) is 6.54 Å². The molecular weight excluding hydrogens is 516 g/mol. The molecular formula is C22H15Cl2F3N2O4S. The second-order valence-corrected chi connectivity index (χ2v) is 10.3. The summed E-state index contributed by atoms with van der Waals surface area (Å²) in [6, 6.07) is 12.2. The topological polar surface area (TPSA) is 87.5 Å². The molecule has 1 amide bonds. The normalized spacial score (nSPS) is 20.5. The van der Waals surface area contributed by atoms with Crippen molar-refractivity contribution in [3.8, 4) is 6.07 Å². The predicted octanol–water partition coefficient (Wildman–Crippen LogP) is 5.06. The molecule has 0 bridgehead atoms. The summed E-state index contributed by atoms with van der Waals surface area (Å²) >= 11 is 12.1. The lowest BCUT2D eigenvalue weighted by molar-refractivity contribution is -0.126. The largest absolute Gasteiger partial charge is 0.534 e. The molecule has 1 saturated heterocycles. The highest BCUT2D eigenvalue weighted by molar-refractivity contribution is 7.87. The van der Waals surface area contributed by atoms with Crippen LogP contribution in [0.1, 0.15) is 29.5 Å². The van der Waals surface area contributed by atoms with Crippen molar-refractivity contribution >= 4 is 44.8 Å². The first-order valence-corrected chi connectivity index (χ1v) is 12.1. The number of amides is 1. The van der Waals surface area contributed by atoms with Crippen LogP contribution in [0, 0.1) is 11.3 Å². The number of alkyl halides is 3. The number of fused-ring (bicyclic) bond motifs is 1. The molecule has 0 aliphatic carbocycles. The average molecular weight is 531 g/mol. The van der Waals surface area contributed by atoms with Crippen molar-refractivity contribution < 1.29 is 30.6 Å². The van der Waals surface area contributed by atoms with Crippen LogP contribution in [0.5, 0.6) is 0 Å². The van der Waals surface area contributed by atoms with Gasteiger partial charge < -0.3 is 9.08 Å². The Hall–Kier alpha value is -2.74. The Morgan fingerprint density at radius 1 is 1.12 bits per heavy atom. The second kappa shape index (κ2) is 8.48. The fraction of sp³-hybridized carbons (Fsp3) is 0.273. The SMILES string of the molecule is N#Cc1ccc(CC23CCCN2C(=O)C(c2cc(Cl)cc(Cl)c2)=C3OS(=O)(=O)C(F)(F)F)cc1. The number of nitrogens with zero attached hydrogens (tertiary/aromatic N) is 2. The Morgan fingerprint density at radius 2 is 1.74 bits per heavy atom. The molecule has 2 heterocycles. The van der Waals surface area contributed by atoms with Crippen LogP contribution >= 0.6 is 23.2 Å². The Labute approximate surface area is 203 Å². The molecule has 0 N–H and O–H groups in total. The lowest BCUT2D eigenvalue weighted by Crippen LogP contribution is -2.46. The van der Waals surface area contributed by atoms with Gasteiger partial charge in [-0.15, -0.1) is 0 Å². The zero-order chi connectivity index (χ0) is 24.9. The van der Waals surface area contributed by atoms with Crippen molar-refractivity contribution in [1.29, 1.82) is 5.26 Å². The molecule has 1 atom stereocenters. The smallest absolute Gasteiger partial charge is 0.377 e. The van der Waals surface area contributed by atoms with E-state index in [2.05, 4.69) is 0 Å². The van der Waals surface area contributed by atoms with Gasteiger partial charge in [0.1, 0.15) is 5.54 Å². The summed E-state index contributed by atoms with van der Waals surface area (Å²) < 4.78 is 68.9. The molecule has 12 heteroatoms. The third-order valence-corrected chi connectivity index (χ3v) is 7.19. The zero-order valence-corrected chi connectivity index (χ0v) is 19.5. The summed E-state index contributed by atoms with van der Waals surface area (Å²) in [4.78, 5) is 14.8. The van der Waals surface area contributed by atoms with Crippen LogP contribution in [-0.2, 0) is 25.5 Å². The third kappa shape index (κ3) is 4.13. The van der Waals surface area contributed by atoms with E-state index in [1.807, 2.05) is 6.07 Å². The first-order valence-electron chi connectivity index (χ1n) is 9.91. The number of benzene rings is 2. The quantitative estimate of drug-likeness (QED) is 0.398. The van der Waals surface area contributed by atoms with Crippen molar-refractivity contribution in [2.45, 2.75) is 30.3 Å². The maximum absolute atomic E-state index is 13.4. The number of carbonyl (C=O) groups excluding carboxylic acids is 1. The average Bonchev–Trinajstić information content (AvgIpc) is 3.24. The van der Waals surface area contributed by atoms with E-state index in [4.69, 9.17) is 32.6 Å². The molecule has 0 aromatic heterocycles. The maximum Gasteiger partial charge on any atom is 0.534 e. The van der Waals surface area contributed by atoms with Gasteiger partial charge in [0.2, 0.25) is 0 Å². The summed E-state index contributed by atoms with van der Waals surface area (Å²) in [7, 11) is -6.09. The van der Waals surface area contributed by atoms with Gasteiger partial charge in [0.25, 0.3) is 5.91 Å². The zero-order valence-electron chi connectivity index (χ0n) is 17.2. The molecule has 2 aliphatic rings. The molecule has 2 aromatic rings. The van der Waals surface area contributed by atoms with Crippen LogP contribution < -0.4 is 0 Å². The minimum Gasteiger partial charge on any atom is -0.377 e. The van der Waals surface area contributed by atoms with Crippen molar-refractivity contribution in [2.24, 2.45) is 0 Å². The molecule has 2 aliphatic heterocycles. The Kier molecular flexibility index (Phi) is 6.09. The fourth-order valence-corrected chi connectivity index (χ4v) is 5.48. The summed E-state index contributed by atoms with van der Waals surface area (Å²) in [6.45, 7) is 0.186. The maximum atomic E-state index is 13.4. The molecule has 178 valence electrons. The number of nitriles is 1. The molecule has 6 nitrogen and oxygen atoms in total. The number of hydrogen-bond acceptors (Lipinski definition) is 5. The molecule has 1 unspecified atom stereocenters. The van der Waals surface area contributed by atoms with E-state index in [9.17, 15) is 26.4 Å². The van der Waals surface area contributed by atoms with E-state index in [1.165, 1.54) is 35.2 Å². The highest BCUT2D eigenvalue weighted by Gasteiger charge is 2.59. The molecule has 4 rings (SSSR count). The van der Waals surface area contributed by atoms with Gasteiger partial charge in [-0.2, -0.15) is 26.9 Å². The summed E-state index contributed by atoms with van der Waals surface area (Å²) in [5.74, 6) is -1.30. The fourth-order valence-electron chi connectivity index (χ4n) is 4.40. The van der Waals surface area contributed by atoms with E-state index in [-0.39, 0.29) is 40.6 Å². The summed E-state index contributed by atoms with van der Waals surface area (Å²) in [6.07, 6.45) is 0.564. The third-order valence-electron chi connectivity index (χ3n) is 5.80. The minimum absolute atomic E-state index is 0.0229. The summed E-state index contributed by atoms with van der Waals surface area (Å²) in [5.41, 5.74) is -6.54. The van der Waals surface area contributed by atoms with Gasteiger partial charge in [-0.25, -0.2) is 0 Å². The lowest BCUT2D eigenvalue weighted by Gasteiger charge is -2.34. The van der Waals surface area contributed by atoms with Gasteiger partial charge in [0.15, 0.2) is 5.76 Å². The van der Waals surface area contributed by atoms with Gasteiger partial charge in [-0.05, 0) is 54.3 Å². The monoisotopic (exact) mass is 530 g/mol. The summed E-state index contributed by atoms with van der Waals surface area (Å²) in [5, 5.41) is 9.23. The second-order valence-electron chi connectivity index (χ2n) is 7.92. The number of carbonyl (C=O) groups is 1. The van der Waals surface area contributed by atoms with Gasteiger partial charge in [0, 0.05) is 23.0 Å². The Morgan fingerprint density at radius 3 is 2.29 bits per heavy atom. The van der Waals surface area contributed by atoms with Crippen LogP contribution in [0.2, 0.25) is 10.0 Å². The van der Waals surface area contributed by atoms with Crippen molar-refractivity contribution in [3.63, 3.8) is 0 Å². The standard InChI is InChI=1S/C22H15Cl2F3N2O4S/c23-16-8-15(9-17(24)10-16)18-19(33-34(31,32)22(25,26)27)21(6-1-7-29(21)20(18)30)11-13-2-4-14(12-28)5-3-13/h2-5,8-10H,1,6-7,11H2. The molecule has 1 fully saturated rings.